The van der Waals surface area contributed by atoms with Gasteiger partial charge in [-0.15, -0.1) is 0 Å². The molecule has 0 aromatic rings. The van der Waals surface area contributed by atoms with Gasteiger partial charge >= 0.3 is 5.97 Å². The van der Waals surface area contributed by atoms with Crippen molar-refractivity contribution in [3.63, 3.8) is 0 Å². The van der Waals surface area contributed by atoms with E-state index >= 15 is 0 Å². The monoisotopic (exact) mass is 240 g/mol. The maximum Gasteiger partial charge on any atom is 0.326 e. The second kappa shape index (κ2) is 4.35. The smallest absolute Gasteiger partial charge is 0.326 e. The van der Waals surface area contributed by atoms with Crippen molar-refractivity contribution in [1.29, 1.82) is 0 Å². The number of nitrogens with one attached hydrogen (secondary N) is 1. The van der Waals surface area contributed by atoms with Crippen LogP contribution in [0.5, 0.6) is 0 Å². The molecule has 4 N–H and O–H groups in total. The second-order valence-electron chi connectivity index (χ2n) is 4.99. The van der Waals surface area contributed by atoms with E-state index in [0.717, 1.165) is 12.8 Å². The Kier molecular flexibility index (Phi) is 3.04. The molecule has 2 aliphatic carbocycles. The molecule has 2 saturated carbocycles. The highest BCUT2D eigenvalue weighted by Gasteiger charge is 2.48. The standard InChI is InChI=1S/C11H16N2O4/c12-9(14)4-8(11(16)17)13-10(15)7-2-5-1-6(5)3-7/h5-8H,1-4H2,(H2,12,14)(H,13,15)(H,16,17). The molecule has 0 aromatic carbocycles. The van der Waals surface area contributed by atoms with Gasteiger partial charge in [0.15, 0.2) is 0 Å². The Balaban J connectivity index is 1.86. The summed E-state index contributed by atoms with van der Waals surface area (Å²) in [4.78, 5) is 33.3. The SMILES string of the molecule is NC(=O)CC(NC(=O)C1CC2CC2C1)C(=O)O. The molecule has 3 unspecified atom stereocenters. The normalized spacial score (nSPS) is 31.4. The number of carbonyl (C=O) groups excluding carboxylic acids is 2. The number of nitrogens with two attached hydrogens (primary N) is 1. The summed E-state index contributed by atoms with van der Waals surface area (Å²) in [6.45, 7) is 0. The Labute approximate surface area is 98.5 Å². The third-order valence-electron chi connectivity index (χ3n) is 3.63. The first-order valence-electron chi connectivity index (χ1n) is 5.79. The van der Waals surface area contributed by atoms with Gasteiger partial charge in [-0.3, -0.25) is 9.59 Å². The number of amides is 2. The molecule has 2 amide bonds. The maximum atomic E-state index is 11.8. The van der Waals surface area contributed by atoms with Gasteiger partial charge in [0.1, 0.15) is 6.04 Å². The fourth-order valence-corrected chi connectivity index (χ4v) is 2.62. The van der Waals surface area contributed by atoms with E-state index in [4.69, 9.17) is 10.8 Å². The minimum atomic E-state index is -1.22. The van der Waals surface area contributed by atoms with Crippen molar-refractivity contribution in [3.05, 3.63) is 0 Å². The summed E-state index contributed by atoms with van der Waals surface area (Å²) >= 11 is 0. The van der Waals surface area contributed by atoms with Crippen molar-refractivity contribution in [3.8, 4) is 0 Å². The first-order valence-corrected chi connectivity index (χ1v) is 5.79. The molecule has 2 rings (SSSR count). The van der Waals surface area contributed by atoms with Crippen LogP contribution in [0.2, 0.25) is 0 Å². The minimum absolute atomic E-state index is 0.0894. The molecule has 0 bridgehead atoms. The van der Waals surface area contributed by atoms with Gasteiger partial charge in [0.05, 0.1) is 6.42 Å². The summed E-state index contributed by atoms with van der Waals surface area (Å²) in [7, 11) is 0. The number of carbonyl (C=O) groups is 3. The van der Waals surface area contributed by atoms with Gasteiger partial charge in [-0.25, -0.2) is 4.79 Å². The number of carboxylic acids is 1. The molecule has 6 nitrogen and oxygen atoms in total. The van der Waals surface area contributed by atoms with Crippen molar-refractivity contribution in [2.24, 2.45) is 23.5 Å². The molecular weight excluding hydrogens is 224 g/mol. The third kappa shape index (κ3) is 2.75. The molecule has 2 aliphatic rings. The van der Waals surface area contributed by atoms with Crippen molar-refractivity contribution in [2.45, 2.75) is 31.7 Å². The van der Waals surface area contributed by atoms with Gasteiger partial charge in [-0.05, 0) is 31.1 Å². The molecule has 0 spiro atoms. The zero-order valence-corrected chi connectivity index (χ0v) is 9.39. The summed E-state index contributed by atoms with van der Waals surface area (Å²) in [6.07, 6.45) is 2.53. The molecule has 0 aliphatic heterocycles. The third-order valence-corrected chi connectivity index (χ3v) is 3.63. The van der Waals surface area contributed by atoms with Crippen LogP contribution in [-0.2, 0) is 14.4 Å². The molecule has 6 heteroatoms. The van der Waals surface area contributed by atoms with E-state index in [1.807, 2.05) is 0 Å². The molecule has 94 valence electrons. The minimum Gasteiger partial charge on any atom is -0.480 e. The lowest BCUT2D eigenvalue weighted by molar-refractivity contribution is -0.144. The van der Waals surface area contributed by atoms with Crippen LogP contribution in [0.15, 0.2) is 0 Å². The number of hydrogen-bond donors (Lipinski definition) is 3. The number of rotatable bonds is 5. The molecule has 2 fully saturated rings. The molecule has 0 heterocycles. The van der Waals surface area contributed by atoms with Gasteiger partial charge in [0.2, 0.25) is 11.8 Å². The van der Waals surface area contributed by atoms with E-state index in [1.165, 1.54) is 6.42 Å². The highest BCUT2D eigenvalue weighted by atomic mass is 16.4. The molecular formula is C11H16N2O4. The predicted molar refractivity (Wildman–Crippen MR) is 57.7 cm³/mol. The number of fused-ring (bicyclic) bond motifs is 1. The van der Waals surface area contributed by atoms with E-state index in [-0.39, 0.29) is 18.2 Å². The predicted octanol–water partition coefficient (Wildman–Crippen LogP) is -0.523. The lowest BCUT2D eigenvalue weighted by Crippen LogP contribution is -2.45. The Bertz CT molecular complexity index is 358. The van der Waals surface area contributed by atoms with Gasteiger partial charge < -0.3 is 16.2 Å². The fraction of sp³-hybridized carbons (Fsp3) is 0.727. The van der Waals surface area contributed by atoms with Crippen LogP contribution in [0.4, 0.5) is 0 Å². The highest BCUT2D eigenvalue weighted by molar-refractivity contribution is 5.89. The van der Waals surface area contributed by atoms with E-state index in [2.05, 4.69) is 5.32 Å². The summed E-state index contributed by atoms with van der Waals surface area (Å²) < 4.78 is 0. The Morgan fingerprint density at radius 1 is 1.24 bits per heavy atom. The van der Waals surface area contributed by atoms with Crippen molar-refractivity contribution < 1.29 is 19.5 Å². The van der Waals surface area contributed by atoms with Gasteiger partial charge in [0.25, 0.3) is 0 Å². The van der Waals surface area contributed by atoms with E-state index in [9.17, 15) is 14.4 Å². The summed E-state index contributed by atoms with van der Waals surface area (Å²) in [5.41, 5.74) is 4.94. The topological polar surface area (TPSA) is 109 Å². The maximum absolute atomic E-state index is 11.8. The van der Waals surface area contributed by atoms with Crippen LogP contribution in [0.25, 0.3) is 0 Å². The molecule has 0 aromatic heterocycles. The summed E-state index contributed by atoms with van der Waals surface area (Å²) in [5, 5.41) is 11.2. The first-order chi connectivity index (χ1) is 7.97. The Morgan fingerprint density at radius 3 is 2.29 bits per heavy atom. The zero-order chi connectivity index (χ0) is 12.6. The summed E-state index contributed by atoms with van der Waals surface area (Å²) in [6, 6.07) is -1.20. The van der Waals surface area contributed by atoms with Crippen LogP contribution in [-0.4, -0.2) is 28.9 Å². The number of hydrogen-bond acceptors (Lipinski definition) is 3. The average Bonchev–Trinajstić information content (AvgIpc) is 2.84. The zero-order valence-electron chi connectivity index (χ0n) is 9.39. The van der Waals surface area contributed by atoms with Gasteiger partial charge in [-0.1, -0.05) is 0 Å². The number of aliphatic carboxylic acids is 1. The summed E-state index contributed by atoms with van der Waals surface area (Å²) in [5.74, 6) is -0.984. The van der Waals surface area contributed by atoms with Crippen LogP contribution in [0.3, 0.4) is 0 Å². The second-order valence-corrected chi connectivity index (χ2v) is 4.99. The van der Waals surface area contributed by atoms with E-state index in [1.54, 1.807) is 0 Å². The van der Waals surface area contributed by atoms with Gasteiger partial charge in [0, 0.05) is 5.92 Å². The van der Waals surface area contributed by atoms with Crippen molar-refractivity contribution in [1.82, 2.24) is 5.32 Å². The van der Waals surface area contributed by atoms with Crippen molar-refractivity contribution >= 4 is 17.8 Å². The number of primary amides is 1. The highest BCUT2D eigenvalue weighted by Crippen LogP contribution is 2.54. The lowest BCUT2D eigenvalue weighted by atomic mass is 10.0. The number of carboxylic acid groups (broad SMARTS) is 1. The average molecular weight is 240 g/mol. The van der Waals surface area contributed by atoms with Crippen molar-refractivity contribution in [2.75, 3.05) is 0 Å². The molecule has 0 saturated heterocycles. The fourth-order valence-electron chi connectivity index (χ4n) is 2.62. The molecule has 3 atom stereocenters. The van der Waals surface area contributed by atoms with E-state index < -0.39 is 17.9 Å². The van der Waals surface area contributed by atoms with Crippen LogP contribution in [0.1, 0.15) is 25.7 Å². The lowest BCUT2D eigenvalue weighted by Gasteiger charge is -2.17. The van der Waals surface area contributed by atoms with Crippen LogP contribution < -0.4 is 11.1 Å². The largest absolute Gasteiger partial charge is 0.480 e. The van der Waals surface area contributed by atoms with Gasteiger partial charge in [-0.2, -0.15) is 0 Å². The molecule has 0 radical (unpaired) electrons. The Morgan fingerprint density at radius 2 is 1.82 bits per heavy atom. The van der Waals surface area contributed by atoms with E-state index in [0.29, 0.717) is 11.8 Å². The Hall–Kier alpha value is -1.59. The molecule has 17 heavy (non-hydrogen) atoms. The van der Waals surface area contributed by atoms with Crippen LogP contribution in [0, 0.1) is 17.8 Å². The van der Waals surface area contributed by atoms with Crippen LogP contribution >= 0.6 is 0 Å². The quantitative estimate of drug-likeness (QED) is 0.600. The first kappa shape index (κ1) is 11.9.